The molecule has 0 saturated heterocycles. The molecule has 0 aromatic heterocycles. The van der Waals surface area contributed by atoms with Gasteiger partial charge in [-0.2, -0.15) is 0 Å². The van der Waals surface area contributed by atoms with Gasteiger partial charge in [0.2, 0.25) is 0 Å². The first kappa shape index (κ1) is 25.8. The van der Waals surface area contributed by atoms with Gasteiger partial charge in [0, 0.05) is 5.41 Å². The summed E-state index contributed by atoms with van der Waals surface area (Å²) >= 11 is 0. The van der Waals surface area contributed by atoms with Crippen molar-refractivity contribution in [2.75, 3.05) is 6.61 Å². The van der Waals surface area contributed by atoms with E-state index in [0.717, 1.165) is 24.2 Å². The van der Waals surface area contributed by atoms with Crippen molar-refractivity contribution in [2.45, 2.75) is 79.6 Å². The molecule has 190 valence electrons. The molecule has 0 radical (unpaired) electrons. The smallest absolute Gasteiger partial charge is 0.434 e. The third-order valence-corrected chi connectivity index (χ3v) is 9.17. The van der Waals surface area contributed by atoms with E-state index in [1.165, 1.54) is 48.8 Å². The third kappa shape index (κ3) is 5.01. The van der Waals surface area contributed by atoms with E-state index in [-0.39, 0.29) is 10.8 Å². The van der Waals surface area contributed by atoms with Crippen molar-refractivity contribution in [1.82, 2.24) is 0 Å². The summed E-state index contributed by atoms with van der Waals surface area (Å²) in [7, 11) is 0. The lowest BCUT2D eigenvalue weighted by atomic mass is 9.57. The molecule has 0 N–H and O–H groups in total. The topological polar surface area (TPSA) is 35.5 Å². The fourth-order valence-corrected chi connectivity index (χ4v) is 7.05. The first-order valence-corrected chi connectivity index (χ1v) is 13.7. The summed E-state index contributed by atoms with van der Waals surface area (Å²) in [6, 6.07) is 0. The highest BCUT2D eigenvalue weighted by Crippen LogP contribution is 2.61. The number of carbonyl (C=O) groups excluding carboxylic acids is 1. The number of rotatable bonds is 9. The first-order chi connectivity index (χ1) is 16.7. The van der Waals surface area contributed by atoms with Crippen molar-refractivity contribution in [1.29, 1.82) is 0 Å². The minimum Gasteiger partial charge on any atom is -0.434 e. The van der Waals surface area contributed by atoms with E-state index < -0.39 is 6.16 Å². The van der Waals surface area contributed by atoms with Crippen LogP contribution in [0.4, 0.5) is 4.79 Å². The normalized spacial score (nSPS) is 31.8. The lowest BCUT2D eigenvalue weighted by Crippen LogP contribution is -2.37. The lowest BCUT2D eigenvalue weighted by molar-refractivity contribution is 0.0802. The van der Waals surface area contributed by atoms with E-state index in [0.29, 0.717) is 24.7 Å². The Labute approximate surface area is 212 Å². The second-order valence-electron chi connectivity index (χ2n) is 12.0. The monoisotopic (exact) mass is 476 g/mol. The Morgan fingerprint density at radius 2 is 1.97 bits per heavy atom. The highest BCUT2D eigenvalue weighted by Gasteiger charge is 2.51. The molecule has 4 aliphatic rings. The molecular weight excluding hydrogens is 432 g/mol. The van der Waals surface area contributed by atoms with Gasteiger partial charge in [0.25, 0.3) is 0 Å². The number of allylic oxidation sites excluding steroid dienone is 9. The fourth-order valence-electron chi connectivity index (χ4n) is 7.05. The van der Waals surface area contributed by atoms with Gasteiger partial charge in [-0.3, -0.25) is 0 Å². The van der Waals surface area contributed by atoms with Gasteiger partial charge in [-0.1, -0.05) is 84.3 Å². The van der Waals surface area contributed by atoms with Gasteiger partial charge < -0.3 is 9.47 Å². The van der Waals surface area contributed by atoms with Gasteiger partial charge in [0.1, 0.15) is 5.76 Å². The molecule has 3 nitrogen and oxygen atoms in total. The molecule has 2 unspecified atom stereocenters. The van der Waals surface area contributed by atoms with Crippen molar-refractivity contribution in [3.05, 3.63) is 71.6 Å². The Bertz CT molecular complexity index is 990. The summed E-state index contributed by atoms with van der Waals surface area (Å²) in [6.07, 6.45) is 22.8. The summed E-state index contributed by atoms with van der Waals surface area (Å²) in [5.74, 6) is 3.48. The molecule has 5 atom stereocenters. The highest BCUT2D eigenvalue weighted by atomic mass is 16.7. The number of hydrogen-bond acceptors (Lipinski definition) is 3. The van der Waals surface area contributed by atoms with Crippen LogP contribution in [0, 0.1) is 34.5 Å². The number of carbonyl (C=O) groups is 1. The molecule has 4 rings (SSSR count). The van der Waals surface area contributed by atoms with Gasteiger partial charge in [-0.05, 0) is 83.6 Å². The molecule has 0 heterocycles. The van der Waals surface area contributed by atoms with Crippen molar-refractivity contribution < 1.29 is 14.3 Å². The summed E-state index contributed by atoms with van der Waals surface area (Å²) in [6.45, 7) is 15.9. The Kier molecular flexibility index (Phi) is 7.64. The van der Waals surface area contributed by atoms with Crippen molar-refractivity contribution in [3.8, 4) is 0 Å². The Morgan fingerprint density at radius 1 is 1.17 bits per heavy atom. The lowest BCUT2D eigenvalue weighted by Gasteiger charge is -2.46. The summed E-state index contributed by atoms with van der Waals surface area (Å²) in [5.41, 5.74) is 4.35. The van der Waals surface area contributed by atoms with E-state index >= 15 is 0 Å². The number of hydrogen-bond donors (Lipinski definition) is 0. The van der Waals surface area contributed by atoms with Crippen LogP contribution in [0.3, 0.4) is 0 Å². The highest BCUT2D eigenvalue weighted by molar-refractivity contribution is 5.64. The van der Waals surface area contributed by atoms with Gasteiger partial charge in [0.05, 0.1) is 6.61 Å². The fraction of sp³-hybridized carbons (Fsp3) is 0.594. The molecule has 0 bridgehead atoms. The van der Waals surface area contributed by atoms with Crippen LogP contribution in [0.2, 0.25) is 0 Å². The van der Waals surface area contributed by atoms with Crippen LogP contribution < -0.4 is 0 Å². The zero-order valence-corrected chi connectivity index (χ0v) is 22.4. The van der Waals surface area contributed by atoms with E-state index in [1.807, 2.05) is 12.2 Å². The maximum absolute atomic E-state index is 12.0. The molecule has 0 spiro atoms. The number of ether oxygens (including phenoxy) is 2. The van der Waals surface area contributed by atoms with E-state index in [4.69, 9.17) is 9.47 Å². The van der Waals surface area contributed by atoms with E-state index in [1.54, 1.807) is 6.08 Å². The first-order valence-electron chi connectivity index (χ1n) is 13.7. The van der Waals surface area contributed by atoms with Crippen molar-refractivity contribution in [3.63, 3.8) is 0 Å². The molecule has 1 saturated carbocycles. The van der Waals surface area contributed by atoms with Gasteiger partial charge in [-0.15, -0.1) is 6.58 Å². The molecule has 0 aromatic carbocycles. The van der Waals surface area contributed by atoms with E-state index in [2.05, 4.69) is 65.5 Å². The minimum atomic E-state index is -0.647. The molecule has 0 aliphatic heterocycles. The Morgan fingerprint density at radius 3 is 2.71 bits per heavy atom. The number of fused-ring (bicyclic) bond motifs is 4. The predicted octanol–water partition coefficient (Wildman–Crippen LogP) is 8.87. The van der Waals surface area contributed by atoms with Crippen LogP contribution in [0.25, 0.3) is 0 Å². The zero-order valence-electron chi connectivity index (χ0n) is 22.4. The zero-order chi connectivity index (χ0) is 25.2. The Hall–Kier alpha value is -2.29. The van der Waals surface area contributed by atoms with Gasteiger partial charge >= 0.3 is 6.16 Å². The van der Waals surface area contributed by atoms with Crippen LogP contribution in [0.1, 0.15) is 79.6 Å². The average Bonchev–Trinajstić information content (AvgIpc) is 3.16. The van der Waals surface area contributed by atoms with Crippen molar-refractivity contribution >= 4 is 6.16 Å². The molecule has 0 amide bonds. The SMILES string of the molecule is C=CCCOC(=O)OC1=CC[C@@]2(C)C(=C1)C=CC1=C2C=C[C@@]2(C)C1CCC2[C@@H](C)CCCC(C)C. The quantitative estimate of drug-likeness (QED) is 0.189. The molecule has 3 heteroatoms. The largest absolute Gasteiger partial charge is 0.513 e. The summed E-state index contributed by atoms with van der Waals surface area (Å²) in [5, 5.41) is 0. The van der Waals surface area contributed by atoms with Crippen LogP contribution >= 0.6 is 0 Å². The molecule has 0 aromatic rings. The van der Waals surface area contributed by atoms with Crippen LogP contribution in [-0.4, -0.2) is 12.8 Å². The average molecular weight is 477 g/mol. The maximum atomic E-state index is 12.0. The summed E-state index contributed by atoms with van der Waals surface area (Å²) < 4.78 is 10.6. The second kappa shape index (κ2) is 10.4. The minimum absolute atomic E-state index is 0.0809. The van der Waals surface area contributed by atoms with Gasteiger partial charge in [0.15, 0.2) is 0 Å². The van der Waals surface area contributed by atoms with E-state index in [9.17, 15) is 4.79 Å². The third-order valence-electron chi connectivity index (χ3n) is 9.17. The molecule has 4 aliphatic carbocycles. The summed E-state index contributed by atoms with van der Waals surface area (Å²) in [4.78, 5) is 12.0. The van der Waals surface area contributed by atoms with Gasteiger partial charge in [-0.25, -0.2) is 4.79 Å². The predicted molar refractivity (Wildman–Crippen MR) is 144 cm³/mol. The Balaban J connectivity index is 1.47. The maximum Gasteiger partial charge on any atom is 0.513 e. The molecular formula is C32H44O3. The standard InChI is InChI=1S/C32H44O3/c1-7-8-20-34-30(33)35-25-16-18-31(5)24(21-25)12-13-26-28-15-14-27(23(4)11-9-10-22(2)3)32(28,6)19-17-29(26)31/h7,12-13,16-17,19,21-23,27-28H,1,8-11,14-15,18,20H2,2-6H3/t23-,27?,28?,31-,32+/m0/s1. The van der Waals surface area contributed by atoms with Crippen LogP contribution in [-0.2, 0) is 9.47 Å². The second-order valence-corrected chi connectivity index (χ2v) is 12.0. The van der Waals surface area contributed by atoms with Crippen molar-refractivity contribution in [2.24, 2.45) is 34.5 Å². The molecule has 35 heavy (non-hydrogen) atoms. The molecule has 1 fully saturated rings. The van der Waals surface area contributed by atoms with Crippen LogP contribution in [0.15, 0.2) is 71.6 Å². The van der Waals surface area contributed by atoms with Crippen LogP contribution in [0.5, 0.6) is 0 Å².